The van der Waals surface area contributed by atoms with Crippen molar-refractivity contribution in [2.75, 3.05) is 11.1 Å². The number of anilines is 2. The lowest BCUT2D eigenvalue weighted by Crippen LogP contribution is -2.26. The summed E-state index contributed by atoms with van der Waals surface area (Å²) in [5.74, 6) is 0.183. The van der Waals surface area contributed by atoms with Crippen LogP contribution in [0.25, 0.3) is 27.6 Å². The zero-order chi connectivity index (χ0) is 26.1. The van der Waals surface area contributed by atoms with Gasteiger partial charge in [-0.25, -0.2) is 4.98 Å². The lowest BCUT2D eigenvalue weighted by molar-refractivity contribution is 0.101. The highest BCUT2D eigenvalue weighted by Gasteiger charge is 2.21. The van der Waals surface area contributed by atoms with E-state index in [9.17, 15) is 9.59 Å². The lowest BCUT2D eigenvalue weighted by Gasteiger charge is -2.22. The smallest absolute Gasteiger partial charge is 0.263 e. The molecule has 184 valence electrons. The second-order valence-corrected chi connectivity index (χ2v) is 8.91. The average molecular weight is 491 g/mol. The normalized spacial score (nSPS) is 11.9. The largest absolute Gasteiger partial charge is 0.368 e. The van der Waals surface area contributed by atoms with Gasteiger partial charge >= 0.3 is 0 Å². The predicted molar refractivity (Wildman–Crippen MR) is 146 cm³/mol. The number of fused-ring (bicyclic) bond motifs is 1. The fourth-order valence-electron chi connectivity index (χ4n) is 4.54. The van der Waals surface area contributed by atoms with Gasteiger partial charge in [-0.2, -0.15) is 4.98 Å². The van der Waals surface area contributed by atoms with Crippen LogP contribution in [0.5, 0.6) is 0 Å². The minimum absolute atomic E-state index is 0.0518. The van der Waals surface area contributed by atoms with Crippen LogP contribution in [-0.2, 0) is 0 Å². The molecule has 0 aliphatic carbocycles. The van der Waals surface area contributed by atoms with E-state index < -0.39 is 6.04 Å². The third-order valence-corrected chi connectivity index (χ3v) is 6.28. The number of carbonyl (C=O) groups is 1. The molecular formula is C29H26N6O2. The van der Waals surface area contributed by atoms with Crippen LogP contribution in [-0.4, -0.2) is 25.3 Å². The summed E-state index contributed by atoms with van der Waals surface area (Å²) in [4.78, 5) is 38.9. The Morgan fingerprint density at radius 1 is 1.03 bits per heavy atom. The predicted octanol–water partition coefficient (Wildman–Crippen LogP) is 5.11. The number of nitrogens with zero attached hydrogens (tertiary/aromatic N) is 4. The molecule has 3 aromatic heterocycles. The lowest BCUT2D eigenvalue weighted by atomic mass is 9.98. The van der Waals surface area contributed by atoms with Crippen molar-refractivity contribution in [3.05, 3.63) is 106 Å². The van der Waals surface area contributed by atoms with E-state index in [1.807, 2.05) is 80.6 Å². The van der Waals surface area contributed by atoms with Gasteiger partial charge in [0.15, 0.2) is 5.78 Å². The Balaban J connectivity index is 1.74. The summed E-state index contributed by atoms with van der Waals surface area (Å²) >= 11 is 0. The standard InChI is InChI=1S/C29H26N6O2/c1-17-14-20(12-13-31-17)23-11-7-8-21-15-25(35(28(37)26(21)23)22-9-5-4-6-10-22)18(2)33-27-24(19(3)36)16-32-29(30)34-27/h4-16,18H,1-3H3,(H3,30,32,33,34)/t18-/m0/s1. The number of aromatic nitrogens is 4. The molecule has 5 rings (SSSR count). The van der Waals surface area contributed by atoms with Crippen molar-refractivity contribution in [1.82, 2.24) is 19.5 Å². The van der Waals surface area contributed by atoms with Crippen LogP contribution in [0.15, 0.2) is 83.9 Å². The van der Waals surface area contributed by atoms with Crippen LogP contribution in [0.1, 0.15) is 41.6 Å². The SMILES string of the molecule is CC(=O)c1cnc(N)nc1N[C@@H](C)c1cc2cccc(-c3ccnc(C)c3)c2c(=O)n1-c1ccccc1. The number of hydrogen-bond acceptors (Lipinski definition) is 7. The molecule has 8 nitrogen and oxygen atoms in total. The molecule has 0 unspecified atom stereocenters. The number of benzene rings is 2. The van der Waals surface area contributed by atoms with Gasteiger partial charge in [0.25, 0.3) is 5.56 Å². The first-order valence-electron chi connectivity index (χ1n) is 11.9. The second-order valence-electron chi connectivity index (χ2n) is 8.91. The Hall–Kier alpha value is -4.85. The molecule has 0 aliphatic heterocycles. The van der Waals surface area contributed by atoms with Crippen molar-refractivity contribution < 1.29 is 4.79 Å². The molecule has 0 spiro atoms. The molecule has 0 radical (unpaired) electrons. The minimum Gasteiger partial charge on any atom is -0.368 e. The Bertz CT molecular complexity index is 1690. The van der Waals surface area contributed by atoms with Crippen LogP contribution in [0, 0.1) is 6.92 Å². The Morgan fingerprint density at radius 3 is 2.54 bits per heavy atom. The first-order chi connectivity index (χ1) is 17.8. The molecule has 0 bridgehead atoms. The van der Waals surface area contributed by atoms with Gasteiger partial charge in [-0.1, -0.05) is 36.4 Å². The number of nitrogen functional groups attached to an aromatic ring is 1. The van der Waals surface area contributed by atoms with Crippen LogP contribution < -0.4 is 16.6 Å². The van der Waals surface area contributed by atoms with Gasteiger partial charge in [-0.05, 0) is 67.6 Å². The number of nitrogens with one attached hydrogen (secondary N) is 1. The van der Waals surface area contributed by atoms with Gasteiger partial charge in [0.1, 0.15) is 5.82 Å². The maximum absolute atomic E-state index is 14.2. The van der Waals surface area contributed by atoms with Gasteiger partial charge in [0, 0.05) is 29.5 Å². The second kappa shape index (κ2) is 9.66. The fraction of sp³-hybridized carbons (Fsp3) is 0.138. The molecule has 3 heterocycles. The van der Waals surface area contributed by atoms with E-state index in [0.717, 1.165) is 27.9 Å². The zero-order valence-electron chi connectivity index (χ0n) is 20.8. The summed E-state index contributed by atoms with van der Waals surface area (Å²) < 4.78 is 1.70. The van der Waals surface area contributed by atoms with Gasteiger partial charge < -0.3 is 11.1 Å². The van der Waals surface area contributed by atoms with Crippen molar-refractivity contribution in [2.24, 2.45) is 0 Å². The Morgan fingerprint density at radius 2 is 1.81 bits per heavy atom. The molecule has 0 amide bonds. The number of rotatable bonds is 6. The Labute approximate surface area is 213 Å². The van der Waals surface area contributed by atoms with Gasteiger partial charge in [0.05, 0.1) is 17.0 Å². The van der Waals surface area contributed by atoms with Crippen molar-refractivity contribution in [1.29, 1.82) is 0 Å². The van der Waals surface area contributed by atoms with Crippen molar-refractivity contribution in [2.45, 2.75) is 26.8 Å². The molecule has 0 saturated carbocycles. The third-order valence-electron chi connectivity index (χ3n) is 6.28. The van der Waals surface area contributed by atoms with E-state index >= 15 is 0 Å². The van der Waals surface area contributed by atoms with Gasteiger partial charge in [-0.15, -0.1) is 0 Å². The van der Waals surface area contributed by atoms with E-state index in [4.69, 9.17) is 5.73 Å². The third kappa shape index (κ3) is 4.56. The first-order valence-corrected chi connectivity index (χ1v) is 11.9. The number of Topliss-reactive ketones (excluding diaryl/α,β-unsaturated/α-hetero) is 1. The number of carbonyl (C=O) groups excluding carboxylic acids is 1. The highest BCUT2D eigenvalue weighted by atomic mass is 16.1. The van der Waals surface area contributed by atoms with E-state index in [1.165, 1.54) is 13.1 Å². The minimum atomic E-state index is -0.406. The molecule has 2 aromatic carbocycles. The molecule has 1 atom stereocenters. The van der Waals surface area contributed by atoms with Crippen molar-refractivity contribution in [3.8, 4) is 16.8 Å². The zero-order valence-corrected chi connectivity index (χ0v) is 20.8. The van der Waals surface area contributed by atoms with Crippen LogP contribution in [0.4, 0.5) is 11.8 Å². The van der Waals surface area contributed by atoms with E-state index in [-0.39, 0.29) is 17.3 Å². The molecule has 0 fully saturated rings. The maximum atomic E-state index is 14.2. The molecule has 0 saturated heterocycles. The first kappa shape index (κ1) is 23.9. The molecule has 3 N–H and O–H groups in total. The summed E-state index contributed by atoms with van der Waals surface area (Å²) in [5.41, 5.74) is 10.1. The van der Waals surface area contributed by atoms with Crippen molar-refractivity contribution >= 4 is 28.3 Å². The quantitative estimate of drug-likeness (QED) is 0.318. The summed E-state index contributed by atoms with van der Waals surface area (Å²) in [7, 11) is 0. The van der Waals surface area contributed by atoms with E-state index in [0.29, 0.717) is 22.5 Å². The molecular weight excluding hydrogens is 464 g/mol. The van der Waals surface area contributed by atoms with Gasteiger partial charge in [0.2, 0.25) is 5.95 Å². The highest BCUT2D eigenvalue weighted by Crippen LogP contribution is 2.30. The van der Waals surface area contributed by atoms with Crippen LogP contribution >= 0.6 is 0 Å². The fourth-order valence-corrected chi connectivity index (χ4v) is 4.54. The number of ketones is 1. The number of aryl methyl sites for hydroxylation is 1. The van der Waals surface area contributed by atoms with E-state index in [1.54, 1.807) is 10.8 Å². The summed E-state index contributed by atoms with van der Waals surface area (Å²) in [6, 6.07) is 20.8. The summed E-state index contributed by atoms with van der Waals surface area (Å²) in [6.07, 6.45) is 3.16. The number of para-hydroxylation sites is 1. The molecule has 37 heavy (non-hydrogen) atoms. The highest BCUT2D eigenvalue weighted by molar-refractivity contribution is 5.99. The molecule has 0 aliphatic rings. The average Bonchev–Trinajstić information content (AvgIpc) is 2.88. The topological polar surface area (TPSA) is 116 Å². The van der Waals surface area contributed by atoms with E-state index in [2.05, 4.69) is 20.3 Å². The van der Waals surface area contributed by atoms with Crippen LogP contribution in [0.2, 0.25) is 0 Å². The number of hydrogen-bond donors (Lipinski definition) is 2. The molecule has 5 aromatic rings. The summed E-state index contributed by atoms with van der Waals surface area (Å²) in [5, 5.41) is 4.71. The number of nitrogens with two attached hydrogens (primary N) is 1. The molecule has 8 heteroatoms. The summed E-state index contributed by atoms with van der Waals surface area (Å²) in [6.45, 7) is 5.29. The maximum Gasteiger partial charge on any atom is 0.263 e. The van der Waals surface area contributed by atoms with Gasteiger partial charge in [-0.3, -0.25) is 19.1 Å². The Kier molecular flexibility index (Phi) is 6.23. The monoisotopic (exact) mass is 490 g/mol. The van der Waals surface area contributed by atoms with Crippen LogP contribution in [0.3, 0.4) is 0 Å². The number of pyridine rings is 2. The van der Waals surface area contributed by atoms with Crippen molar-refractivity contribution in [3.63, 3.8) is 0 Å².